The van der Waals surface area contributed by atoms with E-state index >= 15 is 0 Å². The molecule has 0 aliphatic rings. The van der Waals surface area contributed by atoms with E-state index in [0.717, 1.165) is 5.57 Å². The van der Waals surface area contributed by atoms with Crippen LogP contribution in [0.3, 0.4) is 0 Å². The molecule has 0 spiro atoms. The Kier molecular flexibility index (Phi) is 6.43. The molecule has 0 fully saturated rings. The summed E-state index contributed by atoms with van der Waals surface area (Å²) in [6.45, 7) is 5.06. The van der Waals surface area contributed by atoms with Crippen LogP contribution in [0.4, 0.5) is 4.39 Å². The summed E-state index contributed by atoms with van der Waals surface area (Å²) < 4.78 is 17.0. The van der Waals surface area contributed by atoms with Gasteiger partial charge in [0.2, 0.25) is 0 Å². The van der Waals surface area contributed by atoms with Crippen molar-refractivity contribution in [2.24, 2.45) is 11.6 Å². The van der Waals surface area contributed by atoms with E-state index in [0.29, 0.717) is 5.70 Å². The third kappa shape index (κ3) is 5.34. The first-order valence-electron chi connectivity index (χ1n) is 4.08. The lowest BCUT2D eigenvalue weighted by atomic mass is 10.2. The maximum absolute atomic E-state index is 12.1. The van der Waals surface area contributed by atoms with Crippen LogP contribution < -0.4 is 17.0 Å². The van der Waals surface area contributed by atoms with E-state index in [1.807, 2.05) is 6.92 Å². The zero-order valence-electron chi connectivity index (χ0n) is 8.22. The maximum atomic E-state index is 12.1. The van der Waals surface area contributed by atoms with Gasteiger partial charge in [-0.05, 0) is 12.5 Å². The SMILES string of the molecule is C=C(F)COC/C=C(C)\C(=C/N)NN. The van der Waals surface area contributed by atoms with Crippen molar-refractivity contribution >= 4 is 0 Å². The first-order valence-corrected chi connectivity index (χ1v) is 4.08. The molecular weight excluding hydrogens is 185 g/mol. The highest BCUT2D eigenvalue weighted by atomic mass is 19.1. The van der Waals surface area contributed by atoms with Gasteiger partial charge in [0.15, 0.2) is 0 Å². The van der Waals surface area contributed by atoms with Gasteiger partial charge in [0.05, 0.1) is 18.9 Å². The largest absolute Gasteiger partial charge is 0.403 e. The number of ether oxygens (including phenoxy) is 1. The van der Waals surface area contributed by atoms with E-state index < -0.39 is 5.83 Å². The number of hydrogen-bond donors (Lipinski definition) is 3. The molecule has 0 amide bonds. The molecule has 0 saturated carbocycles. The molecule has 4 nitrogen and oxygen atoms in total. The summed E-state index contributed by atoms with van der Waals surface area (Å²) in [4.78, 5) is 0. The molecule has 0 aliphatic carbocycles. The van der Waals surface area contributed by atoms with E-state index in [2.05, 4.69) is 12.0 Å². The van der Waals surface area contributed by atoms with Crippen molar-refractivity contribution in [2.75, 3.05) is 13.2 Å². The number of halogens is 1. The van der Waals surface area contributed by atoms with Crippen LogP contribution in [0.1, 0.15) is 6.92 Å². The van der Waals surface area contributed by atoms with Crippen LogP contribution in [0.15, 0.2) is 36.0 Å². The van der Waals surface area contributed by atoms with Gasteiger partial charge in [0.1, 0.15) is 5.83 Å². The lowest BCUT2D eigenvalue weighted by Gasteiger charge is -2.05. The fourth-order valence-corrected chi connectivity index (χ4v) is 0.757. The lowest BCUT2D eigenvalue weighted by Crippen LogP contribution is -2.23. The van der Waals surface area contributed by atoms with Crippen LogP contribution in [-0.2, 0) is 4.74 Å². The molecule has 0 aromatic carbocycles. The van der Waals surface area contributed by atoms with Crippen molar-refractivity contribution in [1.82, 2.24) is 5.43 Å². The number of allylic oxidation sites excluding steroid dienone is 1. The molecule has 80 valence electrons. The Morgan fingerprint density at radius 1 is 1.64 bits per heavy atom. The van der Waals surface area contributed by atoms with Crippen LogP contribution in [-0.4, -0.2) is 13.2 Å². The van der Waals surface area contributed by atoms with Gasteiger partial charge in [0.25, 0.3) is 0 Å². The normalized spacial score (nSPS) is 12.8. The van der Waals surface area contributed by atoms with Gasteiger partial charge >= 0.3 is 0 Å². The average molecular weight is 201 g/mol. The van der Waals surface area contributed by atoms with Gasteiger partial charge in [-0.2, -0.15) is 0 Å². The van der Waals surface area contributed by atoms with E-state index in [1.165, 1.54) is 6.20 Å². The maximum Gasteiger partial charge on any atom is 0.118 e. The molecule has 0 rings (SSSR count). The molecule has 14 heavy (non-hydrogen) atoms. The van der Waals surface area contributed by atoms with Crippen molar-refractivity contribution in [3.8, 4) is 0 Å². The summed E-state index contributed by atoms with van der Waals surface area (Å²) in [5.74, 6) is 4.69. The molecule has 0 heterocycles. The quantitative estimate of drug-likeness (QED) is 0.256. The van der Waals surface area contributed by atoms with Crippen LogP contribution >= 0.6 is 0 Å². The molecule has 0 saturated heterocycles. The minimum Gasteiger partial charge on any atom is -0.403 e. The third-order valence-electron chi connectivity index (χ3n) is 1.51. The standard InChI is InChI=1S/C9H16FN3O/c1-7(9(5-11)13-12)3-4-14-6-8(2)10/h3,5,13H,2,4,6,11-12H2,1H3/b7-3-,9-5+. The predicted octanol–water partition coefficient (Wildman–Crippen LogP) is 0.696. The zero-order valence-corrected chi connectivity index (χ0v) is 8.22. The smallest absolute Gasteiger partial charge is 0.118 e. The van der Waals surface area contributed by atoms with Gasteiger partial charge in [0, 0.05) is 6.20 Å². The molecule has 5 N–H and O–H groups in total. The van der Waals surface area contributed by atoms with E-state index in [1.54, 1.807) is 6.08 Å². The number of nitrogens with two attached hydrogens (primary N) is 2. The fourth-order valence-electron chi connectivity index (χ4n) is 0.757. The Morgan fingerprint density at radius 3 is 2.71 bits per heavy atom. The van der Waals surface area contributed by atoms with Crippen molar-refractivity contribution in [3.63, 3.8) is 0 Å². The molecule has 0 atom stereocenters. The van der Waals surface area contributed by atoms with Gasteiger partial charge in [-0.15, -0.1) is 0 Å². The van der Waals surface area contributed by atoms with Crippen LogP contribution in [0.25, 0.3) is 0 Å². The molecule has 0 aromatic heterocycles. The van der Waals surface area contributed by atoms with Crippen molar-refractivity contribution in [2.45, 2.75) is 6.92 Å². The molecule has 5 heteroatoms. The zero-order chi connectivity index (χ0) is 11.0. The lowest BCUT2D eigenvalue weighted by molar-refractivity contribution is 0.171. The molecule has 0 aromatic rings. The Bertz CT molecular complexity index is 248. The topological polar surface area (TPSA) is 73.3 Å². The third-order valence-corrected chi connectivity index (χ3v) is 1.51. The van der Waals surface area contributed by atoms with Gasteiger partial charge in [-0.3, -0.25) is 5.84 Å². The summed E-state index contributed by atoms with van der Waals surface area (Å²) in [6.07, 6.45) is 3.08. The molecule has 0 bridgehead atoms. The molecule has 0 radical (unpaired) electrons. The second kappa shape index (κ2) is 7.11. The van der Waals surface area contributed by atoms with Gasteiger partial charge in [-0.1, -0.05) is 12.7 Å². The minimum absolute atomic E-state index is 0.0957. The number of hydrazine groups is 1. The number of nitrogens with one attached hydrogen (secondary N) is 1. The Balaban J connectivity index is 3.93. The first kappa shape index (κ1) is 12.7. The highest BCUT2D eigenvalue weighted by molar-refractivity contribution is 5.25. The van der Waals surface area contributed by atoms with E-state index in [-0.39, 0.29) is 13.2 Å². The van der Waals surface area contributed by atoms with Crippen LogP contribution in [0, 0.1) is 0 Å². The summed E-state index contributed by atoms with van der Waals surface area (Å²) in [6, 6.07) is 0. The highest BCUT2D eigenvalue weighted by Gasteiger charge is 1.95. The Labute approximate surface area is 83.1 Å². The van der Waals surface area contributed by atoms with E-state index in [4.69, 9.17) is 16.3 Å². The second-order valence-corrected chi connectivity index (χ2v) is 2.64. The van der Waals surface area contributed by atoms with Gasteiger partial charge in [-0.25, -0.2) is 4.39 Å². The summed E-state index contributed by atoms with van der Waals surface area (Å²) in [5.41, 5.74) is 9.14. The first-order chi connectivity index (χ1) is 6.61. The van der Waals surface area contributed by atoms with Crippen molar-refractivity contribution < 1.29 is 9.13 Å². The molecule has 0 unspecified atom stereocenters. The van der Waals surface area contributed by atoms with Crippen molar-refractivity contribution in [1.29, 1.82) is 0 Å². The highest BCUT2D eigenvalue weighted by Crippen LogP contribution is 2.02. The summed E-state index contributed by atoms with van der Waals surface area (Å²) >= 11 is 0. The predicted molar refractivity (Wildman–Crippen MR) is 54.4 cm³/mol. The monoisotopic (exact) mass is 201 g/mol. The van der Waals surface area contributed by atoms with E-state index in [9.17, 15) is 4.39 Å². The Morgan fingerprint density at radius 2 is 2.29 bits per heavy atom. The molecule has 0 aliphatic heterocycles. The Hall–Kier alpha value is -1.33. The van der Waals surface area contributed by atoms with Crippen molar-refractivity contribution in [3.05, 3.63) is 36.0 Å². The minimum atomic E-state index is -0.498. The fraction of sp³-hybridized carbons (Fsp3) is 0.333. The van der Waals surface area contributed by atoms with Crippen LogP contribution in [0.5, 0.6) is 0 Å². The average Bonchev–Trinajstić information content (AvgIpc) is 2.14. The second-order valence-electron chi connectivity index (χ2n) is 2.64. The van der Waals surface area contributed by atoms with Crippen LogP contribution in [0.2, 0.25) is 0 Å². The summed E-state index contributed by atoms with van der Waals surface area (Å²) in [5, 5.41) is 0. The summed E-state index contributed by atoms with van der Waals surface area (Å²) in [7, 11) is 0. The number of hydrogen-bond acceptors (Lipinski definition) is 4. The van der Waals surface area contributed by atoms with Gasteiger partial charge < -0.3 is 15.9 Å². The number of rotatable bonds is 6. The molecular formula is C9H16FN3O.